The summed E-state index contributed by atoms with van der Waals surface area (Å²) >= 11 is 0. The van der Waals surface area contributed by atoms with Gasteiger partial charge in [-0.1, -0.05) is 17.3 Å². The van der Waals surface area contributed by atoms with Crippen LogP contribution in [0.1, 0.15) is 11.3 Å². The van der Waals surface area contributed by atoms with Crippen molar-refractivity contribution in [3.63, 3.8) is 0 Å². The maximum absolute atomic E-state index is 13.7. The molecule has 0 bridgehead atoms. The minimum absolute atomic E-state index is 0.199. The van der Waals surface area contributed by atoms with E-state index in [0.29, 0.717) is 50.8 Å². The van der Waals surface area contributed by atoms with E-state index in [1.807, 2.05) is 4.90 Å². The van der Waals surface area contributed by atoms with Crippen molar-refractivity contribution in [1.29, 1.82) is 0 Å². The molecule has 0 radical (unpaired) electrons. The molecular formula is C18H23F2N5O3S. The molecule has 3 rings (SSSR count). The molecule has 1 aliphatic heterocycles. The Morgan fingerprint density at radius 1 is 1.24 bits per heavy atom. The number of benzene rings is 1. The number of halogens is 2. The minimum atomic E-state index is -3.48. The Morgan fingerprint density at radius 3 is 2.66 bits per heavy atom. The summed E-state index contributed by atoms with van der Waals surface area (Å²) in [7, 11) is -1.85. The van der Waals surface area contributed by atoms with Crippen LogP contribution in [-0.2, 0) is 22.2 Å². The lowest BCUT2D eigenvalue weighted by Gasteiger charge is -2.35. The first-order valence-electron chi connectivity index (χ1n) is 9.16. The van der Waals surface area contributed by atoms with Crippen molar-refractivity contribution in [2.75, 3.05) is 39.8 Å². The first-order valence-corrected chi connectivity index (χ1v) is 10.8. The second-order valence-corrected chi connectivity index (χ2v) is 8.54. The van der Waals surface area contributed by atoms with E-state index < -0.39 is 21.7 Å². The summed E-state index contributed by atoms with van der Waals surface area (Å²) in [6, 6.07) is 5.63. The fraction of sp³-hybridized carbons (Fsp3) is 0.444. The highest BCUT2D eigenvalue weighted by Crippen LogP contribution is 2.14. The average molecular weight is 427 g/mol. The molecule has 1 N–H and O–H groups in total. The number of aliphatic imine (C=N–C) groups is 1. The van der Waals surface area contributed by atoms with E-state index in [4.69, 9.17) is 0 Å². The third kappa shape index (κ3) is 5.30. The SMILES string of the molecule is CN=C(NCCc1cccc(F)c1F)N1CCN(S(=O)(=O)Cc2ccon2)CC1. The molecule has 0 amide bonds. The summed E-state index contributed by atoms with van der Waals surface area (Å²) in [6.07, 6.45) is 1.64. The predicted molar refractivity (Wildman–Crippen MR) is 104 cm³/mol. The molecule has 1 aromatic carbocycles. The Morgan fingerprint density at radius 2 is 2.00 bits per heavy atom. The van der Waals surface area contributed by atoms with Crippen LogP contribution in [0.2, 0.25) is 0 Å². The van der Waals surface area contributed by atoms with Gasteiger partial charge in [0.2, 0.25) is 10.0 Å². The van der Waals surface area contributed by atoms with Gasteiger partial charge in [0.15, 0.2) is 17.6 Å². The van der Waals surface area contributed by atoms with Crippen LogP contribution in [0.5, 0.6) is 0 Å². The van der Waals surface area contributed by atoms with Gasteiger partial charge in [0.05, 0.1) is 5.69 Å². The van der Waals surface area contributed by atoms with E-state index >= 15 is 0 Å². The van der Waals surface area contributed by atoms with Gasteiger partial charge in [0.25, 0.3) is 0 Å². The van der Waals surface area contributed by atoms with Gasteiger partial charge in [-0.2, -0.15) is 4.31 Å². The lowest BCUT2D eigenvalue weighted by atomic mass is 10.1. The number of rotatable bonds is 6. The van der Waals surface area contributed by atoms with Crippen molar-refractivity contribution in [3.8, 4) is 0 Å². The number of nitrogens with one attached hydrogen (secondary N) is 1. The summed E-state index contributed by atoms with van der Waals surface area (Å²) < 4.78 is 58.1. The summed E-state index contributed by atoms with van der Waals surface area (Å²) in [5.41, 5.74) is 0.659. The number of hydrogen-bond acceptors (Lipinski definition) is 5. The van der Waals surface area contributed by atoms with Crippen LogP contribution in [0, 0.1) is 11.6 Å². The number of aromatic nitrogens is 1. The van der Waals surface area contributed by atoms with Crippen molar-refractivity contribution in [2.24, 2.45) is 4.99 Å². The highest BCUT2D eigenvalue weighted by molar-refractivity contribution is 7.88. The largest absolute Gasteiger partial charge is 0.364 e. The van der Waals surface area contributed by atoms with E-state index in [1.165, 1.54) is 22.7 Å². The molecule has 158 valence electrons. The molecule has 0 atom stereocenters. The monoisotopic (exact) mass is 427 g/mol. The van der Waals surface area contributed by atoms with Gasteiger partial charge in [-0.25, -0.2) is 17.2 Å². The molecule has 0 unspecified atom stereocenters. The lowest BCUT2D eigenvalue weighted by molar-refractivity contribution is 0.260. The van der Waals surface area contributed by atoms with Crippen molar-refractivity contribution in [1.82, 2.24) is 19.7 Å². The molecule has 2 aromatic rings. The molecule has 29 heavy (non-hydrogen) atoms. The Balaban J connectivity index is 1.50. The van der Waals surface area contributed by atoms with E-state index in [9.17, 15) is 17.2 Å². The van der Waals surface area contributed by atoms with E-state index in [0.717, 1.165) is 6.07 Å². The van der Waals surface area contributed by atoms with E-state index in [-0.39, 0.29) is 11.3 Å². The molecule has 0 saturated carbocycles. The normalized spacial score (nSPS) is 16.2. The van der Waals surface area contributed by atoms with Crippen LogP contribution in [-0.4, -0.2) is 68.5 Å². The Kier molecular flexibility index (Phi) is 6.80. The number of sulfonamides is 1. The fourth-order valence-corrected chi connectivity index (χ4v) is 4.58. The number of nitrogens with zero attached hydrogens (tertiary/aromatic N) is 4. The molecule has 8 nitrogen and oxygen atoms in total. The Labute approximate surface area is 168 Å². The summed E-state index contributed by atoms with van der Waals surface area (Å²) in [5, 5.41) is 6.77. The van der Waals surface area contributed by atoms with Gasteiger partial charge in [-0.15, -0.1) is 0 Å². The van der Waals surface area contributed by atoms with Gasteiger partial charge in [0, 0.05) is 45.8 Å². The maximum atomic E-state index is 13.7. The highest BCUT2D eigenvalue weighted by atomic mass is 32.2. The molecule has 1 aliphatic rings. The second-order valence-electron chi connectivity index (χ2n) is 6.57. The Hall–Kier alpha value is -2.53. The first kappa shape index (κ1) is 21.2. The van der Waals surface area contributed by atoms with Crippen LogP contribution < -0.4 is 5.32 Å². The summed E-state index contributed by atoms with van der Waals surface area (Å²) in [6.45, 7) is 1.94. The zero-order valence-corrected chi connectivity index (χ0v) is 16.8. The first-order chi connectivity index (χ1) is 13.9. The van der Waals surface area contributed by atoms with Crippen LogP contribution >= 0.6 is 0 Å². The molecule has 0 aliphatic carbocycles. The highest BCUT2D eigenvalue weighted by Gasteiger charge is 2.28. The van der Waals surface area contributed by atoms with Gasteiger partial charge in [-0.05, 0) is 18.1 Å². The van der Waals surface area contributed by atoms with Crippen LogP contribution in [0.25, 0.3) is 0 Å². The zero-order valence-electron chi connectivity index (χ0n) is 16.0. The lowest BCUT2D eigenvalue weighted by Crippen LogP contribution is -2.54. The van der Waals surface area contributed by atoms with Crippen LogP contribution in [0.4, 0.5) is 8.78 Å². The predicted octanol–water partition coefficient (Wildman–Crippen LogP) is 1.22. The van der Waals surface area contributed by atoms with Gasteiger partial charge in [-0.3, -0.25) is 4.99 Å². The smallest absolute Gasteiger partial charge is 0.220 e. The summed E-state index contributed by atoms with van der Waals surface area (Å²) in [4.78, 5) is 6.14. The van der Waals surface area contributed by atoms with Gasteiger partial charge < -0.3 is 14.7 Å². The summed E-state index contributed by atoms with van der Waals surface area (Å²) in [5.74, 6) is -1.31. The molecule has 2 heterocycles. The maximum Gasteiger partial charge on any atom is 0.220 e. The third-order valence-electron chi connectivity index (χ3n) is 4.67. The van der Waals surface area contributed by atoms with E-state index in [1.54, 1.807) is 13.1 Å². The van der Waals surface area contributed by atoms with Crippen molar-refractivity contribution < 1.29 is 21.7 Å². The van der Waals surface area contributed by atoms with Crippen LogP contribution in [0.3, 0.4) is 0 Å². The number of hydrogen-bond donors (Lipinski definition) is 1. The standard InChI is InChI=1S/C18H23F2N5O3S/c1-21-18(22-7-5-14-3-2-4-16(19)17(14)20)24-8-10-25(11-9-24)29(26,27)13-15-6-12-28-23-15/h2-4,6,12H,5,7-11,13H2,1H3,(H,21,22). The van der Waals surface area contributed by atoms with Crippen molar-refractivity contribution in [3.05, 3.63) is 53.4 Å². The molecule has 1 fully saturated rings. The van der Waals surface area contributed by atoms with Gasteiger partial charge in [0.1, 0.15) is 12.0 Å². The average Bonchev–Trinajstić information content (AvgIpc) is 3.21. The van der Waals surface area contributed by atoms with Gasteiger partial charge >= 0.3 is 0 Å². The second kappa shape index (κ2) is 9.31. The van der Waals surface area contributed by atoms with E-state index in [2.05, 4.69) is 20.0 Å². The minimum Gasteiger partial charge on any atom is -0.364 e. The zero-order chi connectivity index (χ0) is 20.9. The molecule has 11 heteroatoms. The Bertz CT molecular complexity index is 942. The van der Waals surface area contributed by atoms with Crippen molar-refractivity contribution >= 4 is 16.0 Å². The van der Waals surface area contributed by atoms with Crippen LogP contribution in [0.15, 0.2) is 40.0 Å². The molecule has 1 saturated heterocycles. The topological polar surface area (TPSA) is 91.0 Å². The molecule has 0 spiro atoms. The molecule has 1 aromatic heterocycles. The molecular weight excluding hydrogens is 404 g/mol. The third-order valence-corrected chi connectivity index (χ3v) is 6.49. The fourth-order valence-electron chi connectivity index (χ4n) is 3.15. The number of piperazine rings is 1. The van der Waals surface area contributed by atoms with Crippen molar-refractivity contribution in [2.45, 2.75) is 12.2 Å². The number of guanidine groups is 1. The quantitative estimate of drug-likeness (QED) is 0.551.